The Balaban J connectivity index is 2.32. The molecule has 0 spiro atoms. The highest BCUT2D eigenvalue weighted by atomic mass is 16.5. The standard InChI is InChI=1S/C17H25NO4/c1-12-9-14(21-2)11-16(19)18(12)15(17(20)22-3)10-13-7-5-4-6-8-13/h9,11,13,15H,4-8,10H2,1-3H3. The van der Waals surface area contributed by atoms with Gasteiger partial charge in [-0.1, -0.05) is 32.1 Å². The molecule has 1 fully saturated rings. The van der Waals surface area contributed by atoms with Crippen LogP contribution in [0.5, 0.6) is 5.75 Å². The molecule has 5 heteroatoms. The van der Waals surface area contributed by atoms with Crippen molar-refractivity contribution in [3.05, 3.63) is 28.2 Å². The molecule has 1 aromatic rings. The van der Waals surface area contributed by atoms with Crippen molar-refractivity contribution in [1.82, 2.24) is 4.57 Å². The predicted octanol–water partition coefficient (Wildman–Crippen LogP) is 2.85. The highest BCUT2D eigenvalue weighted by Crippen LogP contribution is 2.31. The van der Waals surface area contributed by atoms with E-state index in [-0.39, 0.29) is 11.5 Å². The number of rotatable bonds is 5. The van der Waals surface area contributed by atoms with Gasteiger partial charge in [0, 0.05) is 11.8 Å². The molecule has 22 heavy (non-hydrogen) atoms. The molecular weight excluding hydrogens is 282 g/mol. The number of carbonyl (C=O) groups is 1. The van der Waals surface area contributed by atoms with E-state index in [9.17, 15) is 9.59 Å². The minimum Gasteiger partial charge on any atom is -0.496 e. The summed E-state index contributed by atoms with van der Waals surface area (Å²) in [6.45, 7) is 1.82. The van der Waals surface area contributed by atoms with E-state index < -0.39 is 6.04 Å². The van der Waals surface area contributed by atoms with Gasteiger partial charge < -0.3 is 9.47 Å². The highest BCUT2D eigenvalue weighted by molar-refractivity contribution is 5.74. The van der Waals surface area contributed by atoms with Gasteiger partial charge in [-0.15, -0.1) is 0 Å². The van der Waals surface area contributed by atoms with E-state index in [1.807, 2.05) is 6.92 Å². The van der Waals surface area contributed by atoms with E-state index >= 15 is 0 Å². The van der Waals surface area contributed by atoms with Gasteiger partial charge >= 0.3 is 5.97 Å². The monoisotopic (exact) mass is 307 g/mol. The summed E-state index contributed by atoms with van der Waals surface area (Å²) in [5, 5.41) is 0. The molecule has 0 bridgehead atoms. The number of nitrogens with zero attached hydrogens (tertiary/aromatic N) is 1. The predicted molar refractivity (Wildman–Crippen MR) is 84.2 cm³/mol. The lowest BCUT2D eigenvalue weighted by atomic mass is 9.84. The lowest BCUT2D eigenvalue weighted by Gasteiger charge is -2.27. The highest BCUT2D eigenvalue weighted by Gasteiger charge is 2.28. The maximum absolute atomic E-state index is 12.4. The van der Waals surface area contributed by atoms with Crippen LogP contribution in [0.2, 0.25) is 0 Å². The molecule has 122 valence electrons. The molecule has 0 radical (unpaired) electrons. The fourth-order valence-corrected chi connectivity index (χ4v) is 3.38. The van der Waals surface area contributed by atoms with Crippen molar-refractivity contribution in [2.24, 2.45) is 5.92 Å². The molecule has 1 saturated carbocycles. The molecule has 1 aliphatic carbocycles. The van der Waals surface area contributed by atoms with Crippen LogP contribution in [0.1, 0.15) is 50.3 Å². The summed E-state index contributed by atoms with van der Waals surface area (Å²) < 4.78 is 11.6. The average Bonchev–Trinajstić information content (AvgIpc) is 2.53. The second-order valence-electron chi connectivity index (χ2n) is 6.02. The Morgan fingerprint density at radius 2 is 1.95 bits per heavy atom. The largest absolute Gasteiger partial charge is 0.496 e. The summed E-state index contributed by atoms with van der Waals surface area (Å²) in [5.74, 6) is 0.646. The third kappa shape index (κ3) is 3.70. The van der Waals surface area contributed by atoms with E-state index in [2.05, 4.69) is 0 Å². The Bertz CT molecular complexity index is 573. The van der Waals surface area contributed by atoms with Gasteiger partial charge in [0.25, 0.3) is 5.56 Å². The van der Waals surface area contributed by atoms with Crippen LogP contribution in [-0.4, -0.2) is 24.8 Å². The summed E-state index contributed by atoms with van der Waals surface area (Å²) in [6.07, 6.45) is 6.58. The molecule has 1 aliphatic rings. The zero-order valence-corrected chi connectivity index (χ0v) is 13.6. The van der Waals surface area contributed by atoms with Gasteiger partial charge in [0.2, 0.25) is 0 Å². The van der Waals surface area contributed by atoms with E-state index in [4.69, 9.17) is 9.47 Å². The Morgan fingerprint density at radius 3 is 2.50 bits per heavy atom. The first-order valence-corrected chi connectivity index (χ1v) is 7.91. The van der Waals surface area contributed by atoms with Crippen LogP contribution in [0.3, 0.4) is 0 Å². The molecule has 1 unspecified atom stereocenters. The van der Waals surface area contributed by atoms with Crippen molar-refractivity contribution >= 4 is 5.97 Å². The summed E-state index contributed by atoms with van der Waals surface area (Å²) in [5.41, 5.74) is 0.499. The molecule has 1 aromatic heterocycles. The molecule has 0 amide bonds. The molecule has 0 aromatic carbocycles. The van der Waals surface area contributed by atoms with Crippen LogP contribution >= 0.6 is 0 Å². The molecule has 5 nitrogen and oxygen atoms in total. The van der Waals surface area contributed by atoms with Gasteiger partial charge in [-0.3, -0.25) is 9.36 Å². The number of methoxy groups -OCH3 is 2. The van der Waals surface area contributed by atoms with Crippen LogP contribution in [-0.2, 0) is 9.53 Å². The molecule has 0 aliphatic heterocycles. The summed E-state index contributed by atoms with van der Waals surface area (Å²) in [6, 6.07) is 2.65. The smallest absolute Gasteiger partial charge is 0.328 e. The van der Waals surface area contributed by atoms with Crippen molar-refractivity contribution in [2.75, 3.05) is 14.2 Å². The van der Waals surface area contributed by atoms with Crippen LogP contribution in [0.25, 0.3) is 0 Å². The van der Waals surface area contributed by atoms with Gasteiger partial charge in [-0.25, -0.2) is 4.79 Å². The lowest BCUT2D eigenvalue weighted by molar-refractivity contribution is -0.145. The number of ether oxygens (including phenoxy) is 2. The molecular formula is C17H25NO4. The van der Waals surface area contributed by atoms with Crippen molar-refractivity contribution in [1.29, 1.82) is 0 Å². The SMILES string of the molecule is COC(=O)C(CC1CCCCC1)n1c(C)cc(OC)cc1=O. The third-order valence-corrected chi connectivity index (χ3v) is 4.54. The quantitative estimate of drug-likeness (QED) is 0.785. The zero-order valence-electron chi connectivity index (χ0n) is 13.6. The Hall–Kier alpha value is -1.78. The van der Waals surface area contributed by atoms with Gasteiger partial charge in [-0.2, -0.15) is 0 Å². The van der Waals surface area contributed by atoms with E-state index in [0.717, 1.165) is 18.5 Å². The van der Waals surface area contributed by atoms with E-state index in [1.54, 1.807) is 10.6 Å². The van der Waals surface area contributed by atoms with Crippen LogP contribution in [0, 0.1) is 12.8 Å². The maximum atomic E-state index is 12.4. The number of hydrogen-bond acceptors (Lipinski definition) is 4. The molecule has 2 rings (SSSR count). The fraction of sp³-hybridized carbons (Fsp3) is 0.647. The first kappa shape index (κ1) is 16.6. The van der Waals surface area contributed by atoms with Crippen molar-refractivity contribution in [3.63, 3.8) is 0 Å². The molecule has 0 N–H and O–H groups in total. The van der Waals surface area contributed by atoms with Crippen LogP contribution in [0.15, 0.2) is 16.9 Å². The minimum absolute atomic E-state index is 0.219. The number of aromatic nitrogens is 1. The van der Waals surface area contributed by atoms with Gasteiger partial charge in [0.05, 0.1) is 14.2 Å². The maximum Gasteiger partial charge on any atom is 0.328 e. The van der Waals surface area contributed by atoms with Gasteiger partial charge in [-0.05, 0) is 25.3 Å². The van der Waals surface area contributed by atoms with E-state index in [0.29, 0.717) is 18.1 Å². The summed E-state index contributed by atoms with van der Waals surface area (Å²) in [7, 11) is 2.90. The van der Waals surface area contributed by atoms with Crippen molar-refractivity contribution in [3.8, 4) is 5.75 Å². The van der Waals surface area contributed by atoms with Crippen molar-refractivity contribution < 1.29 is 14.3 Å². The second kappa shape index (κ2) is 7.47. The first-order chi connectivity index (χ1) is 10.6. The first-order valence-electron chi connectivity index (χ1n) is 7.91. The van der Waals surface area contributed by atoms with Crippen LogP contribution < -0.4 is 10.3 Å². The molecule has 1 atom stereocenters. The van der Waals surface area contributed by atoms with Crippen molar-refractivity contribution in [2.45, 2.75) is 51.5 Å². The minimum atomic E-state index is -0.550. The second-order valence-corrected chi connectivity index (χ2v) is 6.02. The Labute approximate surface area is 131 Å². The topological polar surface area (TPSA) is 57.5 Å². The zero-order chi connectivity index (χ0) is 16.1. The number of aryl methyl sites for hydroxylation is 1. The summed E-state index contributed by atoms with van der Waals surface area (Å²) in [4.78, 5) is 24.6. The Kier molecular flexibility index (Phi) is 5.63. The number of hydrogen-bond donors (Lipinski definition) is 0. The van der Waals surface area contributed by atoms with Gasteiger partial charge in [0.15, 0.2) is 0 Å². The average molecular weight is 307 g/mol. The number of pyridine rings is 1. The molecule has 1 heterocycles. The fourth-order valence-electron chi connectivity index (χ4n) is 3.38. The third-order valence-electron chi connectivity index (χ3n) is 4.54. The Morgan fingerprint density at radius 1 is 1.27 bits per heavy atom. The summed E-state index contributed by atoms with van der Waals surface area (Å²) >= 11 is 0. The molecule has 0 saturated heterocycles. The lowest BCUT2D eigenvalue weighted by Crippen LogP contribution is -2.33. The normalized spacial score (nSPS) is 17.0. The number of carbonyl (C=O) groups excluding carboxylic acids is 1. The van der Waals surface area contributed by atoms with Gasteiger partial charge in [0.1, 0.15) is 11.8 Å². The van der Waals surface area contributed by atoms with E-state index in [1.165, 1.54) is 39.5 Å². The van der Waals surface area contributed by atoms with Crippen LogP contribution in [0.4, 0.5) is 0 Å². The number of esters is 1.